The molecule has 5 nitrogen and oxygen atoms in total. The van der Waals surface area contributed by atoms with Crippen LogP contribution in [-0.2, 0) is 4.74 Å². The van der Waals surface area contributed by atoms with E-state index >= 15 is 0 Å². The van der Waals surface area contributed by atoms with Crippen molar-refractivity contribution in [2.24, 2.45) is 0 Å². The van der Waals surface area contributed by atoms with Crippen LogP contribution in [0.15, 0.2) is 30.3 Å². The fourth-order valence-corrected chi connectivity index (χ4v) is 2.13. The second-order valence-corrected chi connectivity index (χ2v) is 4.86. The van der Waals surface area contributed by atoms with Crippen LogP contribution in [0.3, 0.4) is 0 Å². The fraction of sp³-hybridized carbons (Fsp3) is 0.375. The van der Waals surface area contributed by atoms with Gasteiger partial charge in [0, 0.05) is 30.8 Å². The van der Waals surface area contributed by atoms with Crippen molar-refractivity contribution in [2.75, 3.05) is 25.6 Å². The van der Waals surface area contributed by atoms with E-state index in [1.54, 1.807) is 6.07 Å². The van der Waals surface area contributed by atoms with Gasteiger partial charge >= 0.3 is 0 Å². The second-order valence-electron chi connectivity index (χ2n) is 4.86. The first kappa shape index (κ1) is 15.3. The number of anilines is 1. The van der Waals surface area contributed by atoms with Gasteiger partial charge in [-0.15, -0.1) is 0 Å². The molecule has 0 spiro atoms. The Bertz CT molecular complexity index is 628. The first-order valence-corrected chi connectivity index (χ1v) is 7.11. The lowest BCUT2D eigenvalue weighted by Gasteiger charge is -2.14. The SMILES string of the molecule is CCOCC(C)NC(=O)c1cc(NC)c2ccccc2n1. The van der Waals surface area contributed by atoms with E-state index in [4.69, 9.17) is 4.74 Å². The Kier molecular flexibility index (Phi) is 5.11. The van der Waals surface area contributed by atoms with E-state index in [0.29, 0.717) is 18.9 Å². The summed E-state index contributed by atoms with van der Waals surface area (Å²) < 4.78 is 5.30. The molecule has 0 bridgehead atoms. The molecule has 2 N–H and O–H groups in total. The van der Waals surface area contributed by atoms with Gasteiger partial charge < -0.3 is 15.4 Å². The van der Waals surface area contributed by atoms with Crippen LogP contribution in [0.1, 0.15) is 24.3 Å². The van der Waals surface area contributed by atoms with Crippen molar-refractivity contribution >= 4 is 22.5 Å². The van der Waals surface area contributed by atoms with Crippen LogP contribution in [0, 0.1) is 0 Å². The second kappa shape index (κ2) is 7.04. The number of nitrogens with zero attached hydrogens (tertiary/aromatic N) is 1. The Hall–Kier alpha value is -2.14. The molecule has 2 rings (SSSR count). The Balaban J connectivity index is 2.23. The maximum atomic E-state index is 12.3. The lowest BCUT2D eigenvalue weighted by Crippen LogP contribution is -2.36. The molecule has 0 fully saturated rings. The lowest BCUT2D eigenvalue weighted by atomic mass is 10.1. The number of carbonyl (C=O) groups excluding carboxylic acids is 1. The van der Waals surface area contributed by atoms with Crippen molar-refractivity contribution in [1.82, 2.24) is 10.3 Å². The number of amides is 1. The van der Waals surface area contributed by atoms with Crippen LogP contribution in [0.2, 0.25) is 0 Å². The zero-order valence-electron chi connectivity index (χ0n) is 12.6. The summed E-state index contributed by atoms with van der Waals surface area (Å²) in [7, 11) is 1.83. The normalized spacial score (nSPS) is 12.1. The van der Waals surface area contributed by atoms with Gasteiger partial charge in [-0.05, 0) is 26.0 Å². The van der Waals surface area contributed by atoms with E-state index in [9.17, 15) is 4.79 Å². The standard InChI is InChI=1S/C16H21N3O2/c1-4-21-10-11(2)18-16(20)15-9-14(17-3)12-7-5-6-8-13(12)19-15/h5-9,11H,4,10H2,1-3H3,(H,17,19)(H,18,20). The summed E-state index contributed by atoms with van der Waals surface area (Å²) in [6, 6.07) is 9.46. The van der Waals surface area contributed by atoms with Gasteiger partial charge in [-0.1, -0.05) is 18.2 Å². The molecule has 0 aliphatic heterocycles. The highest BCUT2D eigenvalue weighted by atomic mass is 16.5. The quantitative estimate of drug-likeness (QED) is 0.856. The number of hydrogen-bond acceptors (Lipinski definition) is 4. The van der Waals surface area contributed by atoms with Crippen molar-refractivity contribution in [3.8, 4) is 0 Å². The minimum absolute atomic E-state index is 0.0521. The van der Waals surface area contributed by atoms with Crippen molar-refractivity contribution < 1.29 is 9.53 Å². The van der Waals surface area contributed by atoms with Crippen LogP contribution >= 0.6 is 0 Å². The predicted octanol–water partition coefficient (Wildman–Crippen LogP) is 2.43. The highest BCUT2D eigenvalue weighted by Crippen LogP contribution is 2.22. The van der Waals surface area contributed by atoms with Crippen molar-refractivity contribution in [3.63, 3.8) is 0 Å². The van der Waals surface area contributed by atoms with Crippen LogP contribution in [0.25, 0.3) is 10.9 Å². The number of benzene rings is 1. The molecule has 0 saturated carbocycles. The minimum atomic E-state index is -0.190. The molecule has 1 amide bonds. The van der Waals surface area contributed by atoms with Gasteiger partial charge in [-0.2, -0.15) is 0 Å². The van der Waals surface area contributed by atoms with Gasteiger partial charge in [0.2, 0.25) is 0 Å². The maximum Gasteiger partial charge on any atom is 0.270 e. The number of hydrogen-bond donors (Lipinski definition) is 2. The molecule has 1 atom stereocenters. The molecule has 2 aromatic rings. The van der Waals surface area contributed by atoms with Crippen LogP contribution in [0.4, 0.5) is 5.69 Å². The molecule has 0 saturated heterocycles. The lowest BCUT2D eigenvalue weighted by molar-refractivity contribution is 0.0868. The largest absolute Gasteiger partial charge is 0.388 e. The van der Waals surface area contributed by atoms with Gasteiger partial charge in [-0.25, -0.2) is 4.98 Å². The van der Waals surface area contributed by atoms with Crippen LogP contribution < -0.4 is 10.6 Å². The Morgan fingerprint density at radius 1 is 1.38 bits per heavy atom. The smallest absolute Gasteiger partial charge is 0.270 e. The average molecular weight is 287 g/mol. The topological polar surface area (TPSA) is 63.2 Å². The maximum absolute atomic E-state index is 12.3. The summed E-state index contributed by atoms with van der Waals surface area (Å²) in [5.74, 6) is -0.190. The van der Waals surface area contributed by atoms with Crippen LogP contribution in [-0.4, -0.2) is 37.2 Å². The zero-order chi connectivity index (χ0) is 15.2. The van der Waals surface area contributed by atoms with Gasteiger partial charge in [0.05, 0.1) is 12.1 Å². The predicted molar refractivity (Wildman–Crippen MR) is 84.7 cm³/mol. The number of ether oxygens (including phenoxy) is 1. The number of nitrogens with one attached hydrogen (secondary N) is 2. The monoisotopic (exact) mass is 287 g/mol. The summed E-state index contributed by atoms with van der Waals surface area (Å²) in [5.41, 5.74) is 2.09. The van der Waals surface area contributed by atoms with E-state index < -0.39 is 0 Å². The summed E-state index contributed by atoms with van der Waals surface area (Å²) in [5, 5.41) is 7.00. The summed E-state index contributed by atoms with van der Waals surface area (Å²) in [6.45, 7) is 4.97. The highest BCUT2D eigenvalue weighted by molar-refractivity contribution is 5.99. The van der Waals surface area contributed by atoms with Gasteiger partial charge in [-0.3, -0.25) is 4.79 Å². The molecular formula is C16H21N3O2. The third kappa shape index (κ3) is 3.70. The highest BCUT2D eigenvalue weighted by Gasteiger charge is 2.13. The molecule has 21 heavy (non-hydrogen) atoms. The molecular weight excluding hydrogens is 266 g/mol. The summed E-state index contributed by atoms with van der Waals surface area (Å²) in [6.07, 6.45) is 0. The third-order valence-corrected chi connectivity index (χ3v) is 3.17. The minimum Gasteiger partial charge on any atom is -0.388 e. The first-order chi connectivity index (χ1) is 10.2. The van der Waals surface area contributed by atoms with E-state index in [1.165, 1.54) is 0 Å². The molecule has 112 valence electrons. The molecule has 1 unspecified atom stereocenters. The molecule has 0 radical (unpaired) electrons. The molecule has 1 aromatic heterocycles. The van der Waals surface area contributed by atoms with E-state index in [0.717, 1.165) is 16.6 Å². The third-order valence-electron chi connectivity index (χ3n) is 3.17. The molecule has 1 aromatic carbocycles. The van der Waals surface area contributed by atoms with Gasteiger partial charge in [0.1, 0.15) is 5.69 Å². The summed E-state index contributed by atoms with van der Waals surface area (Å²) >= 11 is 0. The molecule has 0 aliphatic carbocycles. The van der Waals surface area contributed by atoms with Crippen molar-refractivity contribution in [2.45, 2.75) is 19.9 Å². The Morgan fingerprint density at radius 3 is 2.86 bits per heavy atom. The molecule has 0 aliphatic rings. The first-order valence-electron chi connectivity index (χ1n) is 7.11. The van der Waals surface area contributed by atoms with Crippen LogP contribution in [0.5, 0.6) is 0 Å². The van der Waals surface area contributed by atoms with E-state index in [2.05, 4.69) is 15.6 Å². The van der Waals surface area contributed by atoms with Crippen molar-refractivity contribution in [1.29, 1.82) is 0 Å². The number of pyridine rings is 1. The molecule has 5 heteroatoms. The number of para-hydroxylation sites is 1. The fourth-order valence-electron chi connectivity index (χ4n) is 2.13. The zero-order valence-corrected chi connectivity index (χ0v) is 12.6. The van der Waals surface area contributed by atoms with Gasteiger partial charge in [0.25, 0.3) is 5.91 Å². The molecule has 1 heterocycles. The Morgan fingerprint density at radius 2 is 2.14 bits per heavy atom. The number of carbonyl (C=O) groups is 1. The van der Waals surface area contributed by atoms with E-state index in [-0.39, 0.29) is 11.9 Å². The number of aromatic nitrogens is 1. The number of fused-ring (bicyclic) bond motifs is 1. The Labute approximate surface area is 124 Å². The average Bonchev–Trinajstić information content (AvgIpc) is 2.51. The summed E-state index contributed by atoms with van der Waals surface area (Å²) in [4.78, 5) is 16.7. The van der Waals surface area contributed by atoms with Crippen molar-refractivity contribution in [3.05, 3.63) is 36.0 Å². The van der Waals surface area contributed by atoms with E-state index in [1.807, 2.05) is 45.2 Å². The number of rotatable bonds is 6. The van der Waals surface area contributed by atoms with Gasteiger partial charge in [0.15, 0.2) is 0 Å².